The van der Waals surface area contributed by atoms with E-state index in [2.05, 4.69) is 18.4 Å². The molecule has 0 spiro atoms. The zero-order valence-electron chi connectivity index (χ0n) is 17.6. The first-order chi connectivity index (χ1) is 14.0. The van der Waals surface area contributed by atoms with Crippen LogP contribution >= 0.6 is 11.6 Å². The number of hydrogen-bond acceptors (Lipinski definition) is 4. The Balaban J connectivity index is 1.86. The lowest BCUT2D eigenvalue weighted by molar-refractivity contribution is 0.0771. The summed E-state index contributed by atoms with van der Waals surface area (Å²) in [5.74, 6) is 3.10. The molecule has 1 unspecified atom stereocenters. The van der Waals surface area contributed by atoms with E-state index in [9.17, 15) is 4.79 Å². The quantitative estimate of drug-likeness (QED) is 0.634. The number of carbonyl (C=O) groups excluding carboxylic acids is 1. The Hall–Kier alpha value is -2.21. The summed E-state index contributed by atoms with van der Waals surface area (Å²) < 4.78 is 7.54. The SMILES string of the molecule is CCCC(C1CC1)n1c(CC)nc2c1C(=O)N(C)CN2c1ccc(OC)cc1Cl. The second-order valence-electron chi connectivity index (χ2n) is 8.01. The number of fused-ring (bicyclic) bond motifs is 1. The highest BCUT2D eigenvalue weighted by molar-refractivity contribution is 6.33. The summed E-state index contributed by atoms with van der Waals surface area (Å²) in [4.78, 5) is 22.0. The van der Waals surface area contributed by atoms with Crippen LogP contribution in [0.1, 0.15) is 61.9 Å². The summed E-state index contributed by atoms with van der Waals surface area (Å²) in [6, 6.07) is 5.97. The van der Waals surface area contributed by atoms with E-state index >= 15 is 0 Å². The molecule has 0 bridgehead atoms. The van der Waals surface area contributed by atoms with Crippen molar-refractivity contribution in [2.45, 2.75) is 52.0 Å². The maximum atomic E-state index is 13.3. The average Bonchev–Trinajstić information content (AvgIpc) is 3.48. The molecule has 0 N–H and O–H groups in total. The fourth-order valence-corrected chi connectivity index (χ4v) is 4.63. The number of imidazole rings is 1. The molecule has 1 amide bonds. The average molecular weight is 417 g/mol. The van der Waals surface area contributed by atoms with Crippen molar-refractivity contribution < 1.29 is 9.53 Å². The van der Waals surface area contributed by atoms with E-state index in [0.29, 0.717) is 35.1 Å². The van der Waals surface area contributed by atoms with Gasteiger partial charge in [0.1, 0.15) is 11.6 Å². The molecular weight excluding hydrogens is 388 g/mol. The van der Waals surface area contributed by atoms with Crippen LogP contribution in [-0.4, -0.2) is 41.2 Å². The molecule has 1 saturated carbocycles. The molecule has 4 rings (SSSR count). The van der Waals surface area contributed by atoms with Gasteiger partial charge in [0.15, 0.2) is 11.5 Å². The molecule has 2 heterocycles. The summed E-state index contributed by atoms with van der Waals surface area (Å²) in [5, 5.41) is 0.581. The molecule has 1 atom stereocenters. The number of aromatic nitrogens is 2. The van der Waals surface area contributed by atoms with Crippen molar-refractivity contribution in [3.63, 3.8) is 0 Å². The van der Waals surface area contributed by atoms with Crippen LogP contribution in [0.2, 0.25) is 5.02 Å². The van der Waals surface area contributed by atoms with Crippen molar-refractivity contribution in [2.75, 3.05) is 25.7 Å². The highest BCUT2D eigenvalue weighted by atomic mass is 35.5. The number of nitrogens with zero attached hydrogens (tertiary/aromatic N) is 4. The van der Waals surface area contributed by atoms with E-state index in [4.69, 9.17) is 21.3 Å². The van der Waals surface area contributed by atoms with Crippen LogP contribution in [0.4, 0.5) is 11.5 Å². The molecule has 156 valence electrons. The maximum Gasteiger partial charge on any atom is 0.275 e. The molecule has 29 heavy (non-hydrogen) atoms. The van der Waals surface area contributed by atoms with E-state index in [1.54, 1.807) is 18.1 Å². The van der Waals surface area contributed by atoms with E-state index < -0.39 is 0 Å². The van der Waals surface area contributed by atoms with Crippen molar-refractivity contribution in [1.29, 1.82) is 0 Å². The van der Waals surface area contributed by atoms with Crippen molar-refractivity contribution in [3.05, 3.63) is 34.7 Å². The minimum atomic E-state index is 0.0369. The zero-order valence-corrected chi connectivity index (χ0v) is 18.4. The van der Waals surface area contributed by atoms with E-state index in [1.165, 1.54) is 12.8 Å². The second-order valence-corrected chi connectivity index (χ2v) is 8.41. The van der Waals surface area contributed by atoms with Gasteiger partial charge >= 0.3 is 0 Å². The van der Waals surface area contributed by atoms with Gasteiger partial charge in [-0.2, -0.15) is 0 Å². The van der Waals surface area contributed by atoms with Crippen LogP contribution in [0.3, 0.4) is 0 Å². The Kier molecular flexibility index (Phi) is 5.47. The lowest BCUT2D eigenvalue weighted by Gasteiger charge is -2.35. The number of hydrogen-bond donors (Lipinski definition) is 0. The molecule has 1 aromatic heterocycles. The van der Waals surface area contributed by atoms with Crippen molar-refractivity contribution >= 4 is 29.0 Å². The summed E-state index contributed by atoms with van der Waals surface area (Å²) in [6.45, 7) is 4.74. The first-order valence-electron chi connectivity index (χ1n) is 10.5. The molecule has 7 heteroatoms. The van der Waals surface area contributed by atoms with Crippen molar-refractivity contribution in [1.82, 2.24) is 14.5 Å². The zero-order chi connectivity index (χ0) is 20.7. The predicted octanol–water partition coefficient (Wildman–Crippen LogP) is 5.04. The van der Waals surface area contributed by atoms with Crippen molar-refractivity contribution in [2.24, 2.45) is 5.92 Å². The van der Waals surface area contributed by atoms with E-state index in [-0.39, 0.29) is 5.91 Å². The number of amides is 1. The van der Waals surface area contributed by atoms with E-state index in [0.717, 1.165) is 36.6 Å². The molecule has 1 aliphatic carbocycles. The first kappa shape index (κ1) is 20.1. The number of ether oxygens (including phenoxy) is 1. The van der Waals surface area contributed by atoms with Crippen LogP contribution in [0, 0.1) is 5.92 Å². The van der Waals surface area contributed by atoms with Crippen LogP contribution in [0.5, 0.6) is 5.75 Å². The van der Waals surface area contributed by atoms with Gasteiger partial charge in [-0.25, -0.2) is 4.98 Å². The molecule has 1 fully saturated rings. The van der Waals surface area contributed by atoms with Gasteiger partial charge in [0.25, 0.3) is 5.91 Å². The molecule has 0 radical (unpaired) electrons. The van der Waals surface area contributed by atoms with Gasteiger partial charge < -0.3 is 19.1 Å². The molecule has 1 aromatic carbocycles. The molecule has 0 saturated heterocycles. The van der Waals surface area contributed by atoms with Crippen LogP contribution in [0.25, 0.3) is 0 Å². The molecule has 2 aliphatic rings. The fourth-order valence-electron chi connectivity index (χ4n) is 4.36. The summed E-state index contributed by atoms with van der Waals surface area (Å²) in [5.41, 5.74) is 1.53. The van der Waals surface area contributed by atoms with Gasteiger partial charge in [-0.3, -0.25) is 4.79 Å². The predicted molar refractivity (Wildman–Crippen MR) is 115 cm³/mol. The Bertz CT molecular complexity index is 922. The highest BCUT2D eigenvalue weighted by Crippen LogP contribution is 2.46. The van der Waals surface area contributed by atoms with Gasteiger partial charge in [-0.1, -0.05) is 31.9 Å². The van der Waals surface area contributed by atoms with E-state index in [1.807, 2.05) is 24.1 Å². The summed E-state index contributed by atoms with van der Waals surface area (Å²) in [6.07, 6.45) is 5.43. The summed E-state index contributed by atoms with van der Waals surface area (Å²) in [7, 11) is 3.46. The monoisotopic (exact) mass is 416 g/mol. The third-order valence-electron chi connectivity index (χ3n) is 5.97. The van der Waals surface area contributed by atoms with Gasteiger partial charge in [0, 0.05) is 25.6 Å². The third-order valence-corrected chi connectivity index (χ3v) is 6.27. The normalized spacial score (nSPS) is 17.5. The smallest absolute Gasteiger partial charge is 0.275 e. The minimum Gasteiger partial charge on any atom is -0.497 e. The van der Waals surface area contributed by atoms with Gasteiger partial charge in [0.2, 0.25) is 0 Å². The number of benzene rings is 1. The summed E-state index contributed by atoms with van der Waals surface area (Å²) >= 11 is 6.59. The topological polar surface area (TPSA) is 50.6 Å². The second kappa shape index (κ2) is 7.90. The Morgan fingerprint density at radius 3 is 2.66 bits per heavy atom. The van der Waals surface area contributed by atoms with Crippen LogP contribution in [-0.2, 0) is 6.42 Å². The minimum absolute atomic E-state index is 0.0369. The van der Waals surface area contributed by atoms with Crippen LogP contribution < -0.4 is 9.64 Å². The highest BCUT2D eigenvalue weighted by Gasteiger charge is 2.40. The molecule has 6 nitrogen and oxygen atoms in total. The van der Waals surface area contributed by atoms with Gasteiger partial charge in [0.05, 0.1) is 24.5 Å². The Morgan fingerprint density at radius 1 is 1.31 bits per heavy atom. The largest absolute Gasteiger partial charge is 0.497 e. The molecule has 2 aromatic rings. The van der Waals surface area contributed by atoms with Crippen LogP contribution in [0.15, 0.2) is 18.2 Å². The Morgan fingerprint density at radius 2 is 2.07 bits per heavy atom. The third kappa shape index (κ3) is 3.48. The number of anilines is 2. The number of carbonyl (C=O) groups is 1. The van der Waals surface area contributed by atoms with Gasteiger partial charge in [-0.05, 0) is 37.3 Å². The first-order valence-corrected chi connectivity index (χ1v) is 10.9. The lowest BCUT2D eigenvalue weighted by Crippen LogP contribution is -2.43. The lowest BCUT2D eigenvalue weighted by atomic mass is 10.1. The maximum absolute atomic E-state index is 13.3. The fraction of sp³-hybridized carbons (Fsp3) is 0.545. The standard InChI is InChI=1S/C22H29ClN4O2/c1-5-7-17(14-8-9-14)27-19(6-2)24-21-20(27)22(28)25(3)13-26(21)18-11-10-15(29-4)12-16(18)23/h10-12,14,17H,5-9,13H2,1-4H3. The molecular formula is C22H29ClN4O2. The number of halogens is 1. The Labute approximate surface area is 177 Å². The molecule has 1 aliphatic heterocycles. The number of rotatable bonds is 7. The van der Waals surface area contributed by atoms with Crippen molar-refractivity contribution in [3.8, 4) is 5.75 Å². The van der Waals surface area contributed by atoms with Gasteiger partial charge in [-0.15, -0.1) is 0 Å². The number of methoxy groups -OCH3 is 1. The number of aryl methyl sites for hydroxylation is 1.